The van der Waals surface area contributed by atoms with Crippen molar-refractivity contribution in [3.8, 4) is 0 Å². The van der Waals surface area contributed by atoms with Crippen molar-refractivity contribution in [3.63, 3.8) is 0 Å². The summed E-state index contributed by atoms with van der Waals surface area (Å²) in [5.41, 5.74) is 6.08. The van der Waals surface area contributed by atoms with Crippen molar-refractivity contribution >= 4 is 44.2 Å². The lowest BCUT2D eigenvalue weighted by Crippen LogP contribution is -2.32. The molecule has 4 aromatic rings. The van der Waals surface area contributed by atoms with Crippen LogP contribution in [0.15, 0.2) is 54.9 Å². The minimum Gasteiger partial charge on any atom is -0.283 e. The summed E-state index contributed by atoms with van der Waals surface area (Å²) in [6.07, 6.45) is 3.84. The molecule has 0 radical (unpaired) electrons. The highest BCUT2D eigenvalue weighted by atomic mass is 35.5. The van der Waals surface area contributed by atoms with Gasteiger partial charge in [-0.15, -0.1) is 0 Å². The van der Waals surface area contributed by atoms with Gasteiger partial charge >= 0.3 is 0 Å². The number of benzene rings is 2. The number of halogens is 1. The van der Waals surface area contributed by atoms with Gasteiger partial charge in [-0.05, 0) is 61.2 Å². The Labute approximate surface area is 185 Å². The lowest BCUT2D eigenvalue weighted by molar-refractivity contribution is -0.118. The number of carbonyl (C=O) groups is 1. The molecule has 4 rings (SSSR count). The molecule has 0 fully saturated rings. The van der Waals surface area contributed by atoms with E-state index in [1.807, 2.05) is 50.2 Å². The van der Waals surface area contributed by atoms with Crippen LogP contribution in [0.3, 0.4) is 0 Å². The number of fused-ring (bicyclic) bond motifs is 1. The minimum absolute atomic E-state index is 0.00797. The molecule has 0 spiro atoms. The Hall–Kier alpha value is -2.76. The standard InChI is InChI=1S/C24H22ClN3OS/c1-15-6-7-19(16(2)11-15)12-22(29)28(14-18-5-4-10-26-13-18)24-27-23-17(3)20(25)8-9-21(23)30-24/h4-11,13H,12,14H2,1-3H3. The Kier molecular flexibility index (Phi) is 5.84. The van der Waals surface area contributed by atoms with Crippen LogP contribution >= 0.6 is 22.9 Å². The fraction of sp³-hybridized carbons (Fsp3) is 0.208. The highest BCUT2D eigenvalue weighted by Gasteiger charge is 2.22. The Morgan fingerprint density at radius 1 is 1.13 bits per heavy atom. The van der Waals surface area contributed by atoms with E-state index in [2.05, 4.69) is 18.0 Å². The Balaban J connectivity index is 1.72. The van der Waals surface area contributed by atoms with Crippen LogP contribution in [0.25, 0.3) is 10.2 Å². The van der Waals surface area contributed by atoms with Gasteiger partial charge in [-0.1, -0.05) is 52.8 Å². The van der Waals surface area contributed by atoms with E-state index >= 15 is 0 Å². The highest BCUT2D eigenvalue weighted by Crippen LogP contribution is 2.34. The summed E-state index contributed by atoms with van der Waals surface area (Å²) in [6.45, 7) is 6.48. The third-order valence-corrected chi connectivity index (χ3v) is 6.62. The fourth-order valence-corrected chi connectivity index (χ4v) is 4.64. The fourth-order valence-electron chi connectivity index (χ4n) is 3.44. The molecule has 0 saturated heterocycles. The van der Waals surface area contributed by atoms with Crippen molar-refractivity contribution in [1.82, 2.24) is 9.97 Å². The first-order valence-electron chi connectivity index (χ1n) is 9.73. The molecule has 0 aliphatic rings. The van der Waals surface area contributed by atoms with Gasteiger partial charge in [-0.25, -0.2) is 4.98 Å². The molecular weight excluding hydrogens is 414 g/mol. The maximum Gasteiger partial charge on any atom is 0.233 e. The van der Waals surface area contributed by atoms with Gasteiger partial charge in [0, 0.05) is 17.4 Å². The van der Waals surface area contributed by atoms with Crippen LogP contribution in [0, 0.1) is 20.8 Å². The summed E-state index contributed by atoms with van der Waals surface area (Å²) in [5.74, 6) is 0.00797. The van der Waals surface area contributed by atoms with Gasteiger partial charge in [-0.3, -0.25) is 14.7 Å². The largest absolute Gasteiger partial charge is 0.283 e. The van der Waals surface area contributed by atoms with E-state index in [-0.39, 0.29) is 5.91 Å². The molecular formula is C24H22ClN3OS. The number of pyridine rings is 1. The third kappa shape index (κ3) is 4.23. The minimum atomic E-state index is 0.00797. The number of anilines is 1. The second kappa shape index (κ2) is 8.54. The lowest BCUT2D eigenvalue weighted by Gasteiger charge is -2.20. The van der Waals surface area contributed by atoms with Crippen molar-refractivity contribution in [2.45, 2.75) is 33.7 Å². The molecule has 1 amide bonds. The molecule has 2 aromatic heterocycles. The van der Waals surface area contributed by atoms with Crippen LogP contribution in [-0.2, 0) is 17.8 Å². The first kappa shape index (κ1) is 20.5. The number of hydrogen-bond donors (Lipinski definition) is 0. The highest BCUT2D eigenvalue weighted by molar-refractivity contribution is 7.22. The number of aryl methyl sites for hydroxylation is 3. The number of aromatic nitrogens is 2. The van der Waals surface area contributed by atoms with Gasteiger partial charge < -0.3 is 0 Å². The number of hydrogen-bond acceptors (Lipinski definition) is 4. The molecule has 2 aromatic carbocycles. The van der Waals surface area contributed by atoms with Gasteiger partial charge in [0.25, 0.3) is 0 Å². The maximum absolute atomic E-state index is 13.4. The number of nitrogens with zero attached hydrogens (tertiary/aromatic N) is 3. The Morgan fingerprint density at radius 2 is 1.97 bits per heavy atom. The van der Waals surface area contributed by atoms with Gasteiger partial charge in [0.15, 0.2) is 5.13 Å². The summed E-state index contributed by atoms with van der Waals surface area (Å²) in [6, 6.07) is 13.9. The number of amides is 1. The molecule has 0 atom stereocenters. The van der Waals surface area contributed by atoms with E-state index in [4.69, 9.17) is 16.6 Å². The van der Waals surface area contributed by atoms with E-state index in [1.165, 1.54) is 16.9 Å². The molecule has 0 aliphatic heterocycles. The number of rotatable bonds is 5. The summed E-state index contributed by atoms with van der Waals surface area (Å²) < 4.78 is 1.02. The summed E-state index contributed by atoms with van der Waals surface area (Å²) in [7, 11) is 0. The Bertz CT molecular complexity index is 1220. The van der Waals surface area contributed by atoms with Crippen molar-refractivity contribution in [2.24, 2.45) is 0 Å². The average Bonchev–Trinajstić information content (AvgIpc) is 3.16. The van der Waals surface area contributed by atoms with E-state index in [0.29, 0.717) is 23.1 Å². The van der Waals surface area contributed by atoms with Gasteiger partial charge in [0.1, 0.15) is 0 Å². The van der Waals surface area contributed by atoms with E-state index in [1.54, 1.807) is 17.3 Å². The monoisotopic (exact) mass is 435 g/mol. The number of thiazole rings is 1. The number of carbonyl (C=O) groups excluding carboxylic acids is 1. The topological polar surface area (TPSA) is 46.1 Å². The van der Waals surface area contributed by atoms with Crippen molar-refractivity contribution in [3.05, 3.63) is 87.7 Å². The first-order chi connectivity index (χ1) is 14.4. The SMILES string of the molecule is Cc1ccc(CC(=O)N(Cc2cccnc2)c2nc3c(C)c(Cl)ccc3s2)c(C)c1. The molecule has 0 N–H and O–H groups in total. The molecule has 0 saturated carbocycles. The molecule has 6 heteroatoms. The zero-order valence-corrected chi connectivity index (χ0v) is 18.7. The maximum atomic E-state index is 13.4. The molecule has 0 bridgehead atoms. The van der Waals surface area contributed by atoms with Crippen LogP contribution in [0.4, 0.5) is 5.13 Å². The van der Waals surface area contributed by atoms with E-state index in [9.17, 15) is 4.79 Å². The van der Waals surface area contributed by atoms with Gasteiger partial charge in [0.05, 0.1) is 23.2 Å². The summed E-state index contributed by atoms with van der Waals surface area (Å²) in [5, 5.41) is 1.36. The Morgan fingerprint density at radius 3 is 2.70 bits per heavy atom. The first-order valence-corrected chi connectivity index (χ1v) is 10.9. The molecule has 4 nitrogen and oxygen atoms in total. The average molecular weight is 436 g/mol. The van der Waals surface area contributed by atoms with Crippen molar-refractivity contribution < 1.29 is 4.79 Å². The predicted octanol–water partition coefficient (Wildman–Crippen LogP) is 6.05. The molecule has 2 heterocycles. The van der Waals surface area contributed by atoms with Gasteiger partial charge in [0.2, 0.25) is 5.91 Å². The lowest BCUT2D eigenvalue weighted by atomic mass is 10.0. The zero-order valence-electron chi connectivity index (χ0n) is 17.1. The molecule has 0 aliphatic carbocycles. The van der Waals surface area contributed by atoms with Crippen LogP contribution in [0.2, 0.25) is 5.02 Å². The second-order valence-electron chi connectivity index (χ2n) is 7.46. The van der Waals surface area contributed by atoms with Crippen molar-refractivity contribution in [1.29, 1.82) is 0 Å². The third-order valence-electron chi connectivity index (χ3n) is 5.17. The predicted molar refractivity (Wildman–Crippen MR) is 124 cm³/mol. The van der Waals surface area contributed by atoms with Gasteiger partial charge in [-0.2, -0.15) is 0 Å². The van der Waals surface area contributed by atoms with Crippen LogP contribution in [0.5, 0.6) is 0 Å². The summed E-state index contributed by atoms with van der Waals surface area (Å²) in [4.78, 5) is 24.2. The normalized spacial score (nSPS) is 11.1. The quantitative estimate of drug-likeness (QED) is 0.383. The van der Waals surface area contributed by atoms with Crippen LogP contribution in [0.1, 0.15) is 27.8 Å². The van der Waals surface area contributed by atoms with Crippen LogP contribution in [-0.4, -0.2) is 15.9 Å². The molecule has 152 valence electrons. The zero-order chi connectivity index (χ0) is 21.3. The van der Waals surface area contributed by atoms with Crippen molar-refractivity contribution in [2.75, 3.05) is 4.90 Å². The molecule has 0 unspecified atom stereocenters. The smallest absolute Gasteiger partial charge is 0.233 e. The molecule has 30 heavy (non-hydrogen) atoms. The second-order valence-corrected chi connectivity index (χ2v) is 8.88. The summed E-state index contributed by atoms with van der Waals surface area (Å²) >= 11 is 7.79. The van der Waals surface area contributed by atoms with E-state index < -0.39 is 0 Å². The van der Waals surface area contributed by atoms with Crippen LogP contribution < -0.4 is 4.90 Å². The van der Waals surface area contributed by atoms with E-state index in [0.717, 1.165) is 32.5 Å².